The van der Waals surface area contributed by atoms with Gasteiger partial charge in [0, 0.05) is 38.0 Å². The summed E-state index contributed by atoms with van der Waals surface area (Å²) in [5.74, 6) is 0.607. The number of hydrogen-bond donors (Lipinski definition) is 0. The molecule has 0 fully saturated rings. The number of benzene rings is 2. The molecule has 0 aromatic heterocycles. The molecular weight excluding hydrogens is 518 g/mol. The molecule has 2 aromatic rings. The fourth-order valence-electron chi connectivity index (χ4n) is 4.50. The maximum Gasteiger partial charge on any atom is 0.338 e. The van der Waals surface area contributed by atoms with Gasteiger partial charge in [0.05, 0.1) is 44.6 Å². The van der Waals surface area contributed by atoms with E-state index in [2.05, 4.69) is 0 Å². The topological polar surface area (TPSA) is 89.9 Å². The number of carbonyl (C=O) groups excluding carboxylic acids is 2. The molecule has 9 nitrogen and oxygen atoms in total. The summed E-state index contributed by atoms with van der Waals surface area (Å²) in [5.41, 5.74) is 3.42. The SMILES string of the molecule is COCCOC(=O)C1=C(C)N=C2SC=C(CC(=O)N(C)Cc3ccccc3)N2[C@H]1c1ccc(OC)cc1OC. The van der Waals surface area contributed by atoms with Gasteiger partial charge in [0.2, 0.25) is 5.91 Å². The molecule has 2 aromatic carbocycles. The third kappa shape index (κ3) is 6.29. The van der Waals surface area contributed by atoms with Gasteiger partial charge >= 0.3 is 5.97 Å². The Labute approximate surface area is 233 Å². The van der Waals surface area contributed by atoms with Gasteiger partial charge in [0.15, 0.2) is 5.17 Å². The Bertz CT molecular complexity index is 1310. The first-order valence-electron chi connectivity index (χ1n) is 12.5. The van der Waals surface area contributed by atoms with Crippen LogP contribution >= 0.6 is 11.8 Å². The highest BCUT2D eigenvalue weighted by molar-refractivity contribution is 8.16. The van der Waals surface area contributed by atoms with Gasteiger partial charge in [-0.05, 0) is 30.0 Å². The highest BCUT2D eigenvalue weighted by atomic mass is 32.2. The Balaban J connectivity index is 1.68. The van der Waals surface area contributed by atoms with Crippen LogP contribution in [0.1, 0.15) is 30.5 Å². The van der Waals surface area contributed by atoms with Gasteiger partial charge in [0.1, 0.15) is 18.1 Å². The van der Waals surface area contributed by atoms with Gasteiger partial charge in [-0.3, -0.25) is 4.79 Å². The number of nitrogens with zero attached hydrogens (tertiary/aromatic N) is 3. The van der Waals surface area contributed by atoms with E-state index >= 15 is 0 Å². The third-order valence-corrected chi connectivity index (χ3v) is 7.39. The average molecular weight is 552 g/mol. The molecule has 4 rings (SSSR count). The minimum atomic E-state index is -0.623. The van der Waals surface area contributed by atoms with E-state index in [1.54, 1.807) is 46.3 Å². The van der Waals surface area contributed by atoms with E-state index in [4.69, 9.17) is 23.9 Å². The maximum atomic E-state index is 13.4. The van der Waals surface area contributed by atoms with Crippen molar-refractivity contribution < 1.29 is 28.5 Å². The summed E-state index contributed by atoms with van der Waals surface area (Å²) >= 11 is 1.42. The van der Waals surface area contributed by atoms with Gasteiger partial charge in [-0.1, -0.05) is 42.1 Å². The van der Waals surface area contributed by atoms with E-state index in [-0.39, 0.29) is 25.5 Å². The average Bonchev–Trinajstić information content (AvgIpc) is 3.34. The molecule has 0 bridgehead atoms. The zero-order chi connectivity index (χ0) is 27.9. The fraction of sp³-hybridized carbons (Fsp3) is 0.345. The number of allylic oxidation sites excluding steroid dienone is 1. The molecule has 0 saturated heterocycles. The largest absolute Gasteiger partial charge is 0.497 e. The standard InChI is InChI=1S/C29H33N3O6S/c1-19-26(28(34)38-14-13-35-3)27(23-12-11-22(36-4)16-24(23)37-5)32-21(18-39-29(32)30-19)15-25(33)31(2)17-20-9-7-6-8-10-20/h6-12,16,18,27H,13-15,17H2,1-5H3/t27-/m0/s1. The van der Waals surface area contributed by atoms with Crippen LogP contribution in [-0.2, 0) is 25.6 Å². The molecule has 0 spiro atoms. The number of methoxy groups -OCH3 is 3. The molecule has 2 heterocycles. The number of thioether (sulfide) groups is 1. The lowest BCUT2D eigenvalue weighted by Gasteiger charge is -2.37. The lowest BCUT2D eigenvalue weighted by molar-refractivity contribution is -0.141. The van der Waals surface area contributed by atoms with Crippen LogP contribution in [0.15, 0.2) is 75.9 Å². The summed E-state index contributed by atoms with van der Waals surface area (Å²) in [6.07, 6.45) is 0.134. The number of fused-ring (bicyclic) bond motifs is 1. The first-order chi connectivity index (χ1) is 18.9. The molecule has 1 amide bonds. The number of rotatable bonds is 11. The summed E-state index contributed by atoms with van der Waals surface area (Å²) < 4.78 is 21.7. The van der Waals surface area contributed by atoms with Crippen molar-refractivity contribution in [2.45, 2.75) is 25.9 Å². The van der Waals surface area contributed by atoms with Crippen LogP contribution in [0.4, 0.5) is 0 Å². The molecule has 0 N–H and O–H groups in total. The van der Waals surface area contributed by atoms with Gasteiger partial charge in [-0.25, -0.2) is 9.79 Å². The Morgan fingerprint density at radius 1 is 1.05 bits per heavy atom. The van der Waals surface area contributed by atoms with Crippen LogP contribution < -0.4 is 9.47 Å². The van der Waals surface area contributed by atoms with Crippen molar-refractivity contribution in [3.05, 3.63) is 82.0 Å². The molecule has 2 aliphatic heterocycles. The van der Waals surface area contributed by atoms with E-state index in [1.807, 2.05) is 52.8 Å². The van der Waals surface area contributed by atoms with Crippen LogP contribution in [0.3, 0.4) is 0 Å². The van der Waals surface area contributed by atoms with Gasteiger partial charge < -0.3 is 28.7 Å². The predicted octanol–water partition coefficient (Wildman–Crippen LogP) is 4.52. The van der Waals surface area contributed by atoms with Crippen LogP contribution in [0.25, 0.3) is 0 Å². The minimum Gasteiger partial charge on any atom is -0.497 e. The maximum absolute atomic E-state index is 13.4. The van der Waals surface area contributed by atoms with Crippen LogP contribution in [0, 0.1) is 0 Å². The number of hydrogen-bond acceptors (Lipinski definition) is 9. The van der Waals surface area contributed by atoms with Crippen molar-refractivity contribution in [2.75, 3.05) is 41.6 Å². The second-order valence-corrected chi connectivity index (χ2v) is 9.88. The van der Waals surface area contributed by atoms with Gasteiger partial charge in [-0.2, -0.15) is 0 Å². The molecule has 10 heteroatoms. The predicted molar refractivity (Wildman–Crippen MR) is 150 cm³/mol. The van der Waals surface area contributed by atoms with Crippen LogP contribution in [0.2, 0.25) is 0 Å². The Kier molecular flexibility index (Phi) is 9.32. The zero-order valence-corrected chi connectivity index (χ0v) is 23.6. The zero-order valence-electron chi connectivity index (χ0n) is 22.8. The van der Waals surface area contributed by atoms with Crippen molar-refractivity contribution in [1.82, 2.24) is 9.80 Å². The quantitative estimate of drug-likeness (QED) is 0.298. The Hall–Kier alpha value is -3.76. The lowest BCUT2D eigenvalue weighted by Crippen LogP contribution is -2.38. The first-order valence-corrected chi connectivity index (χ1v) is 13.4. The van der Waals surface area contributed by atoms with Crippen LogP contribution in [-0.4, -0.2) is 68.4 Å². The second-order valence-electron chi connectivity index (χ2n) is 9.04. The van der Waals surface area contributed by atoms with Crippen molar-refractivity contribution in [3.8, 4) is 11.5 Å². The molecule has 0 aliphatic carbocycles. The number of ether oxygens (including phenoxy) is 4. The van der Waals surface area contributed by atoms with Gasteiger partial charge in [-0.15, -0.1) is 0 Å². The first kappa shape index (κ1) is 28.3. The molecule has 0 radical (unpaired) electrons. The number of esters is 1. The number of amides is 1. The molecule has 1 atom stereocenters. The van der Waals surface area contributed by atoms with Crippen molar-refractivity contribution >= 4 is 28.8 Å². The van der Waals surface area contributed by atoms with Crippen molar-refractivity contribution in [2.24, 2.45) is 4.99 Å². The monoisotopic (exact) mass is 551 g/mol. The minimum absolute atomic E-state index is 0.0529. The Morgan fingerprint density at radius 3 is 2.51 bits per heavy atom. The summed E-state index contributed by atoms with van der Waals surface area (Å²) in [4.78, 5) is 35.1. The second kappa shape index (κ2) is 12.9. The van der Waals surface area contributed by atoms with E-state index in [1.165, 1.54) is 11.8 Å². The van der Waals surface area contributed by atoms with Crippen molar-refractivity contribution in [3.63, 3.8) is 0 Å². The summed E-state index contributed by atoms with van der Waals surface area (Å²) in [6, 6.07) is 14.7. The normalized spacial score (nSPS) is 16.3. The van der Waals surface area contributed by atoms with Gasteiger partial charge in [0.25, 0.3) is 0 Å². The smallest absolute Gasteiger partial charge is 0.338 e. The fourth-order valence-corrected chi connectivity index (χ4v) is 5.46. The number of amidine groups is 1. The lowest BCUT2D eigenvalue weighted by atomic mass is 9.93. The summed E-state index contributed by atoms with van der Waals surface area (Å²) in [7, 11) is 6.49. The molecule has 0 unspecified atom stereocenters. The summed E-state index contributed by atoms with van der Waals surface area (Å²) in [6.45, 7) is 2.66. The molecule has 206 valence electrons. The number of aliphatic imine (C=N–C) groups is 1. The third-order valence-electron chi connectivity index (χ3n) is 6.50. The van der Waals surface area contributed by atoms with E-state index < -0.39 is 12.0 Å². The highest BCUT2D eigenvalue weighted by Gasteiger charge is 2.42. The van der Waals surface area contributed by atoms with E-state index in [0.29, 0.717) is 34.5 Å². The summed E-state index contributed by atoms with van der Waals surface area (Å²) in [5, 5.41) is 2.60. The highest BCUT2D eigenvalue weighted by Crippen LogP contribution is 2.47. The number of carbonyl (C=O) groups is 2. The molecule has 0 saturated carbocycles. The van der Waals surface area contributed by atoms with E-state index in [9.17, 15) is 9.59 Å². The Morgan fingerprint density at radius 2 is 1.82 bits per heavy atom. The van der Waals surface area contributed by atoms with Crippen molar-refractivity contribution in [1.29, 1.82) is 0 Å². The van der Waals surface area contributed by atoms with E-state index in [0.717, 1.165) is 16.8 Å². The molecule has 2 aliphatic rings. The van der Waals surface area contributed by atoms with Crippen LogP contribution in [0.5, 0.6) is 11.5 Å². The molecule has 39 heavy (non-hydrogen) atoms. The molecular formula is C29H33N3O6S.